The van der Waals surface area contributed by atoms with E-state index in [1.807, 2.05) is 37.4 Å². The normalized spacial score (nSPS) is 15.0. The first kappa shape index (κ1) is 42.7. The summed E-state index contributed by atoms with van der Waals surface area (Å²) in [5, 5.41) is 4.86. The fraction of sp³-hybridized carbons (Fsp3) is 0.429. The van der Waals surface area contributed by atoms with Crippen LogP contribution >= 0.6 is 7.92 Å². The summed E-state index contributed by atoms with van der Waals surface area (Å²) in [4.78, 5) is 4.59. The van der Waals surface area contributed by atoms with Crippen LogP contribution in [0, 0.1) is 6.07 Å². The fourth-order valence-corrected chi connectivity index (χ4v) is 11.3. The van der Waals surface area contributed by atoms with E-state index in [1.165, 1.54) is 92.3 Å². The third kappa shape index (κ3) is 12.7. The van der Waals surface area contributed by atoms with Crippen molar-refractivity contribution in [2.45, 2.75) is 75.5 Å². The van der Waals surface area contributed by atoms with E-state index >= 15 is 0 Å². The summed E-state index contributed by atoms with van der Waals surface area (Å²) in [6, 6.07) is 35.8. The van der Waals surface area contributed by atoms with E-state index in [1.54, 1.807) is 5.30 Å². The van der Waals surface area contributed by atoms with E-state index in [2.05, 4.69) is 110 Å². The Balaban J connectivity index is 0.000000290. The average molecular weight is 820 g/mol. The molecule has 0 spiro atoms. The molecular weight excluding hydrogens is 764 g/mol. The van der Waals surface area contributed by atoms with Crippen LogP contribution in [0.2, 0.25) is 0 Å². The summed E-state index contributed by atoms with van der Waals surface area (Å²) < 4.78 is 27.2. The summed E-state index contributed by atoms with van der Waals surface area (Å²) >= 11 is 0. The maximum Gasteiger partial charge on any atom is 2.00 e. The number of nitrogens with one attached hydrogen (secondary N) is 1. The minimum atomic E-state index is -3.92. The molecule has 4 aromatic carbocycles. The molecule has 6 rings (SSSR count). The standard InChI is InChI=1S/C28H41N2P.C13H12N.CH4O3S.Pd/c1-29(2)25-19-13-20-26(30(3)4)28(25)24-18-11-12-21-27(24)31(22-14-7-5-8-15-22)23-16-9-6-10-17-23;1-14-13-10-6-5-9-12(13)11-7-3-2-4-8-11;1-5(2,3)4;/h11-13,18-23H,5-10,14-17H2,1-4H3;2-7,9-10,14H,1H3;1H3,(H,2,3,4);/q;-1;;+2/p-1. The summed E-state index contributed by atoms with van der Waals surface area (Å²) in [7, 11) is 6.62. The number of hydrogen-bond donors (Lipinski definition) is 1. The number of nitrogens with zero attached hydrogens (tertiary/aromatic N) is 2. The molecule has 0 heterocycles. The van der Waals surface area contributed by atoms with Gasteiger partial charge in [0.05, 0.1) is 10.1 Å². The van der Waals surface area contributed by atoms with E-state index < -0.39 is 10.1 Å². The van der Waals surface area contributed by atoms with Gasteiger partial charge >= 0.3 is 20.4 Å². The predicted octanol–water partition coefficient (Wildman–Crippen LogP) is 9.61. The smallest absolute Gasteiger partial charge is 0.748 e. The third-order valence-corrected chi connectivity index (χ3v) is 13.1. The molecule has 2 fully saturated rings. The van der Waals surface area contributed by atoms with Gasteiger partial charge in [-0.05, 0) is 71.8 Å². The first-order valence-electron chi connectivity index (χ1n) is 18.0. The SMILES string of the molecule is CN(C)c1cccc(N(C)C)c1-c1ccccc1P(C1CCCCC1)C1CCCCC1.CNc1ccccc1-c1[c-]cccc1.CS(=O)(=O)[O-].[Pd+2]. The molecule has 9 heteroatoms. The first-order valence-corrected chi connectivity index (χ1v) is 21.3. The Labute approximate surface area is 323 Å². The van der Waals surface area contributed by atoms with Crippen molar-refractivity contribution in [2.75, 3.05) is 56.6 Å². The van der Waals surface area contributed by atoms with Gasteiger partial charge in [-0.25, -0.2) is 8.42 Å². The van der Waals surface area contributed by atoms with Gasteiger partial charge in [0, 0.05) is 58.4 Å². The summed E-state index contributed by atoms with van der Waals surface area (Å²) in [5.74, 6) is 0. The third-order valence-electron chi connectivity index (χ3n) is 9.57. The van der Waals surface area contributed by atoms with Gasteiger partial charge < -0.3 is 19.7 Å². The first-order chi connectivity index (χ1) is 24.0. The molecule has 0 bridgehead atoms. The molecule has 6 nitrogen and oxygen atoms in total. The van der Waals surface area contributed by atoms with Gasteiger partial charge in [0.2, 0.25) is 0 Å². The number of benzene rings is 4. The molecule has 0 amide bonds. The van der Waals surface area contributed by atoms with Crippen LogP contribution in [0.1, 0.15) is 64.2 Å². The van der Waals surface area contributed by atoms with Crippen molar-refractivity contribution in [3.63, 3.8) is 0 Å². The van der Waals surface area contributed by atoms with Crippen molar-refractivity contribution < 1.29 is 33.4 Å². The molecule has 1 N–H and O–H groups in total. The Morgan fingerprint density at radius 3 is 1.63 bits per heavy atom. The molecule has 0 unspecified atom stereocenters. The van der Waals surface area contributed by atoms with Gasteiger partial charge in [-0.3, -0.25) is 0 Å². The van der Waals surface area contributed by atoms with E-state index in [-0.39, 0.29) is 28.3 Å². The van der Waals surface area contributed by atoms with Crippen molar-refractivity contribution in [3.8, 4) is 22.3 Å². The monoisotopic (exact) mass is 819 g/mol. The number of anilines is 3. The topological polar surface area (TPSA) is 75.7 Å². The van der Waals surface area contributed by atoms with Crippen LogP contribution in [0.3, 0.4) is 0 Å². The Hall–Kier alpha value is -2.72. The van der Waals surface area contributed by atoms with Gasteiger partial charge in [0.25, 0.3) is 0 Å². The zero-order valence-corrected chi connectivity index (χ0v) is 34.4. The number of rotatable bonds is 8. The van der Waals surface area contributed by atoms with Gasteiger partial charge in [-0.2, -0.15) is 0 Å². The van der Waals surface area contributed by atoms with Crippen LogP contribution in [-0.2, 0) is 30.5 Å². The Bertz CT molecular complexity index is 1670. The molecule has 51 heavy (non-hydrogen) atoms. The molecule has 0 radical (unpaired) electrons. The van der Waals surface area contributed by atoms with Crippen LogP contribution in [0.15, 0.2) is 91.0 Å². The van der Waals surface area contributed by atoms with Crippen molar-refractivity contribution in [2.24, 2.45) is 0 Å². The fourth-order valence-electron chi connectivity index (χ4n) is 7.37. The van der Waals surface area contributed by atoms with Crippen molar-refractivity contribution in [1.29, 1.82) is 0 Å². The summed E-state index contributed by atoms with van der Waals surface area (Å²) in [6.45, 7) is 0. The molecule has 0 aromatic heterocycles. The van der Waals surface area contributed by atoms with E-state index in [0.717, 1.165) is 22.6 Å². The minimum absolute atomic E-state index is 0. The van der Waals surface area contributed by atoms with Crippen LogP contribution in [0.4, 0.5) is 17.1 Å². The zero-order chi connectivity index (χ0) is 36.1. The Morgan fingerprint density at radius 1 is 0.686 bits per heavy atom. The van der Waals surface area contributed by atoms with Crippen molar-refractivity contribution in [3.05, 3.63) is 97.1 Å². The van der Waals surface area contributed by atoms with Crippen molar-refractivity contribution in [1.82, 2.24) is 0 Å². The van der Waals surface area contributed by atoms with Crippen LogP contribution < -0.4 is 20.4 Å². The Morgan fingerprint density at radius 2 is 1.16 bits per heavy atom. The maximum atomic E-state index is 9.08. The quantitative estimate of drug-likeness (QED) is 0.0827. The van der Waals surface area contributed by atoms with E-state index in [9.17, 15) is 0 Å². The molecule has 2 saturated carbocycles. The van der Waals surface area contributed by atoms with Crippen LogP contribution in [0.25, 0.3) is 22.3 Å². The molecule has 278 valence electrons. The average Bonchev–Trinajstić information content (AvgIpc) is 3.12. The number of hydrogen-bond acceptors (Lipinski definition) is 6. The number of para-hydroxylation sites is 1. The van der Waals surface area contributed by atoms with E-state index in [0.29, 0.717) is 6.26 Å². The second-order valence-corrected chi connectivity index (χ2v) is 17.9. The van der Waals surface area contributed by atoms with Gasteiger partial charge in [-0.15, -0.1) is 35.9 Å². The predicted molar refractivity (Wildman–Crippen MR) is 217 cm³/mol. The Kier molecular flexibility index (Phi) is 17.7. The minimum Gasteiger partial charge on any atom is -0.748 e. The summed E-state index contributed by atoms with van der Waals surface area (Å²) in [6.07, 6.45) is 15.1. The van der Waals surface area contributed by atoms with Gasteiger partial charge in [0.1, 0.15) is 0 Å². The van der Waals surface area contributed by atoms with Crippen LogP contribution in [-0.4, -0.2) is 65.8 Å². The molecule has 2 aliphatic rings. The molecule has 0 atom stereocenters. The largest absolute Gasteiger partial charge is 2.00 e. The van der Waals surface area contributed by atoms with Crippen molar-refractivity contribution >= 4 is 40.4 Å². The molecule has 0 saturated heterocycles. The van der Waals surface area contributed by atoms with Gasteiger partial charge in [-0.1, -0.05) is 101 Å². The van der Waals surface area contributed by atoms with E-state index in [4.69, 9.17) is 13.0 Å². The molecule has 4 aromatic rings. The maximum absolute atomic E-state index is 9.08. The van der Waals surface area contributed by atoms with Crippen LogP contribution in [0.5, 0.6) is 0 Å². The molecule has 0 aliphatic heterocycles. The zero-order valence-electron chi connectivity index (χ0n) is 31.2. The summed E-state index contributed by atoms with van der Waals surface area (Å²) in [5.41, 5.74) is 10.9. The van der Waals surface area contributed by atoms with Gasteiger partial charge in [0.15, 0.2) is 0 Å². The second-order valence-electron chi connectivity index (χ2n) is 13.7. The molecular formula is C42H56N3O3PPdS. The second kappa shape index (κ2) is 21.1. The molecule has 2 aliphatic carbocycles.